The van der Waals surface area contributed by atoms with E-state index in [0.717, 1.165) is 0 Å². The largest absolute Gasteiger partial charge is 0.322 e. The molecule has 1 amide bonds. The van der Waals surface area contributed by atoms with Crippen LogP contribution in [0, 0.1) is 0 Å². The van der Waals surface area contributed by atoms with Crippen LogP contribution in [0.1, 0.15) is 13.0 Å². The topological polar surface area (TPSA) is 77.6 Å². The summed E-state index contributed by atoms with van der Waals surface area (Å²) in [5, 5.41) is 11.5. The van der Waals surface area contributed by atoms with Crippen LogP contribution in [0.25, 0.3) is 5.69 Å². The number of nitrogens with one attached hydrogen (secondary N) is 1. The Morgan fingerprint density at radius 3 is 2.91 bits per heavy atom. The second-order valence-corrected chi connectivity index (χ2v) is 5.09. The van der Waals surface area contributed by atoms with Crippen LogP contribution >= 0.6 is 11.6 Å². The minimum absolute atomic E-state index is 0.202. The second-order valence-electron chi connectivity index (χ2n) is 4.65. The average Bonchev–Trinajstić information content (AvgIpc) is 3.20. The minimum Gasteiger partial charge on any atom is -0.322 e. The third-order valence-electron chi connectivity index (χ3n) is 3.18. The molecule has 1 atom stereocenters. The molecule has 0 bridgehead atoms. The highest BCUT2D eigenvalue weighted by molar-refractivity contribution is 6.31. The first-order chi connectivity index (χ1) is 10.6. The predicted octanol–water partition coefficient (Wildman–Crippen LogP) is 2.32. The molecule has 0 saturated carbocycles. The van der Waals surface area contributed by atoms with Crippen molar-refractivity contribution in [3.8, 4) is 5.69 Å². The van der Waals surface area contributed by atoms with Crippen molar-refractivity contribution in [1.29, 1.82) is 0 Å². The van der Waals surface area contributed by atoms with E-state index in [4.69, 9.17) is 11.6 Å². The molecule has 1 N–H and O–H groups in total. The van der Waals surface area contributed by atoms with Crippen molar-refractivity contribution in [2.75, 3.05) is 5.32 Å². The molecular weight excluding hydrogens is 304 g/mol. The highest BCUT2D eigenvalue weighted by Crippen LogP contribution is 2.24. The van der Waals surface area contributed by atoms with E-state index < -0.39 is 6.04 Å². The molecular formula is C14H13ClN6O. The van der Waals surface area contributed by atoms with Crippen molar-refractivity contribution in [2.24, 2.45) is 0 Å². The maximum Gasteiger partial charge on any atom is 0.249 e. The molecule has 2 heterocycles. The van der Waals surface area contributed by atoms with E-state index in [1.54, 1.807) is 59.3 Å². The van der Waals surface area contributed by atoms with Gasteiger partial charge in [0.15, 0.2) is 0 Å². The lowest BCUT2D eigenvalue weighted by molar-refractivity contribution is -0.119. The zero-order chi connectivity index (χ0) is 15.5. The van der Waals surface area contributed by atoms with E-state index in [-0.39, 0.29) is 5.91 Å². The number of halogens is 1. The fraction of sp³-hybridized carbons (Fsp3) is 0.143. The van der Waals surface area contributed by atoms with Crippen LogP contribution in [0.3, 0.4) is 0 Å². The third-order valence-corrected chi connectivity index (χ3v) is 3.42. The Labute approximate surface area is 131 Å². The van der Waals surface area contributed by atoms with Gasteiger partial charge >= 0.3 is 0 Å². The number of amides is 1. The van der Waals surface area contributed by atoms with E-state index in [0.29, 0.717) is 16.4 Å². The van der Waals surface area contributed by atoms with Gasteiger partial charge in [-0.05, 0) is 31.2 Å². The Morgan fingerprint density at radius 1 is 1.36 bits per heavy atom. The average molecular weight is 317 g/mol. The quantitative estimate of drug-likeness (QED) is 0.801. The number of carbonyl (C=O) groups excluding carboxylic acids is 1. The maximum absolute atomic E-state index is 12.4. The zero-order valence-corrected chi connectivity index (χ0v) is 12.5. The first-order valence-corrected chi connectivity index (χ1v) is 6.97. The molecule has 0 aliphatic carbocycles. The van der Waals surface area contributed by atoms with Crippen molar-refractivity contribution in [1.82, 2.24) is 24.5 Å². The van der Waals surface area contributed by atoms with Gasteiger partial charge in [0, 0.05) is 17.4 Å². The highest BCUT2D eigenvalue weighted by atomic mass is 35.5. The lowest BCUT2D eigenvalue weighted by Crippen LogP contribution is -2.24. The Balaban J connectivity index is 1.88. The number of nitrogens with zero attached hydrogens (tertiary/aromatic N) is 5. The molecule has 3 aromatic rings. The van der Waals surface area contributed by atoms with Crippen LogP contribution in [0.5, 0.6) is 0 Å². The lowest BCUT2D eigenvalue weighted by Gasteiger charge is -2.15. The summed E-state index contributed by atoms with van der Waals surface area (Å²) < 4.78 is 3.14. The molecule has 1 unspecified atom stereocenters. The van der Waals surface area contributed by atoms with Crippen molar-refractivity contribution < 1.29 is 4.79 Å². The van der Waals surface area contributed by atoms with E-state index >= 15 is 0 Å². The lowest BCUT2D eigenvalue weighted by atomic mass is 10.2. The molecule has 0 spiro atoms. The summed E-state index contributed by atoms with van der Waals surface area (Å²) in [7, 11) is 0. The van der Waals surface area contributed by atoms with Gasteiger partial charge in [-0.25, -0.2) is 9.67 Å². The summed E-state index contributed by atoms with van der Waals surface area (Å²) in [6.45, 7) is 1.77. The number of hydrogen-bond donors (Lipinski definition) is 1. The molecule has 22 heavy (non-hydrogen) atoms. The van der Waals surface area contributed by atoms with E-state index in [1.165, 1.54) is 6.33 Å². The van der Waals surface area contributed by atoms with Crippen molar-refractivity contribution in [3.63, 3.8) is 0 Å². The van der Waals surface area contributed by atoms with Crippen LogP contribution in [-0.2, 0) is 4.79 Å². The highest BCUT2D eigenvalue weighted by Gasteiger charge is 2.17. The van der Waals surface area contributed by atoms with Crippen LogP contribution in [0.4, 0.5) is 5.69 Å². The van der Waals surface area contributed by atoms with Gasteiger partial charge in [0.25, 0.3) is 0 Å². The van der Waals surface area contributed by atoms with Gasteiger partial charge in [-0.2, -0.15) is 10.2 Å². The normalized spacial score (nSPS) is 12.1. The van der Waals surface area contributed by atoms with Crippen molar-refractivity contribution in [2.45, 2.75) is 13.0 Å². The van der Waals surface area contributed by atoms with Crippen molar-refractivity contribution in [3.05, 3.63) is 54.3 Å². The van der Waals surface area contributed by atoms with Gasteiger partial charge in [-0.3, -0.25) is 9.48 Å². The SMILES string of the molecule is CC(C(=O)Nc1cc(Cl)ccc1-n1cncn1)n1cccn1. The molecule has 8 heteroatoms. The predicted molar refractivity (Wildman–Crippen MR) is 81.9 cm³/mol. The molecule has 7 nitrogen and oxygen atoms in total. The molecule has 0 fully saturated rings. The van der Waals surface area contributed by atoms with Gasteiger partial charge in [0.1, 0.15) is 18.7 Å². The monoisotopic (exact) mass is 316 g/mol. The Hall–Kier alpha value is -2.67. The van der Waals surface area contributed by atoms with E-state index in [9.17, 15) is 4.79 Å². The fourth-order valence-corrected chi connectivity index (χ4v) is 2.18. The summed E-state index contributed by atoms with van der Waals surface area (Å²) in [6, 6.07) is 6.49. The van der Waals surface area contributed by atoms with E-state index in [2.05, 4.69) is 20.5 Å². The summed E-state index contributed by atoms with van der Waals surface area (Å²) >= 11 is 6.03. The van der Waals surface area contributed by atoms with Crippen LogP contribution in [-0.4, -0.2) is 30.5 Å². The Kier molecular flexibility index (Phi) is 3.88. The number of benzene rings is 1. The number of carbonyl (C=O) groups is 1. The fourth-order valence-electron chi connectivity index (χ4n) is 2.01. The van der Waals surface area contributed by atoms with Gasteiger partial charge in [-0.15, -0.1) is 0 Å². The van der Waals surface area contributed by atoms with Gasteiger partial charge in [0.05, 0.1) is 11.4 Å². The Bertz CT molecular complexity index is 769. The number of aromatic nitrogens is 5. The molecule has 0 aliphatic rings. The number of hydrogen-bond acceptors (Lipinski definition) is 4. The summed E-state index contributed by atoms with van der Waals surface area (Å²) in [6.07, 6.45) is 6.34. The first-order valence-electron chi connectivity index (χ1n) is 6.59. The van der Waals surface area contributed by atoms with Crippen LogP contribution in [0.2, 0.25) is 5.02 Å². The van der Waals surface area contributed by atoms with E-state index in [1.807, 2.05) is 0 Å². The van der Waals surface area contributed by atoms with Crippen molar-refractivity contribution >= 4 is 23.2 Å². The molecule has 0 saturated heterocycles. The van der Waals surface area contributed by atoms with Gasteiger partial charge < -0.3 is 5.32 Å². The van der Waals surface area contributed by atoms with Gasteiger partial charge in [0.2, 0.25) is 5.91 Å². The molecule has 2 aromatic heterocycles. The summed E-state index contributed by atoms with van der Waals surface area (Å²) in [4.78, 5) is 16.3. The number of rotatable bonds is 4. The third kappa shape index (κ3) is 2.84. The number of anilines is 1. The molecule has 3 rings (SSSR count). The van der Waals surface area contributed by atoms with Crippen LogP contribution in [0.15, 0.2) is 49.3 Å². The smallest absolute Gasteiger partial charge is 0.249 e. The van der Waals surface area contributed by atoms with Gasteiger partial charge in [-0.1, -0.05) is 11.6 Å². The molecule has 112 valence electrons. The molecule has 0 aliphatic heterocycles. The summed E-state index contributed by atoms with van der Waals surface area (Å²) in [5.41, 5.74) is 1.24. The standard InChI is InChI=1S/C14H13ClN6O/c1-10(20-6-2-5-17-20)14(22)19-12-7-11(15)3-4-13(12)21-9-16-8-18-21/h2-10H,1H3,(H,19,22). The second kappa shape index (κ2) is 5.98. The summed E-state index contributed by atoms with van der Waals surface area (Å²) in [5.74, 6) is -0.202. The maximum atomic E-state index is 12.4. The van der Waals surface area contributed by atoms with Crippen LogP contribution < -0.4 is 5.32 Å². The zero-order valence-electron chi connectivity index (χ0n) is 11.7. The minimum atomic E-state index is -0.447. The molecule has 0 radical (unpaired) electrons. The molecule has 1 aromatic carbocycles. The Morgan fingerprint density at radius 2 is 2.23 bits per heavy atom. The first kappa shape index (κ1) is 14.3.